The molecule has 1 aliphatic rings. The van der Waals surface area contributed by atoms with Crippen LogP contribution < -0.4 is 0 Å². The van der Waals surface area contributed by atoms with Crippen molar-refractivity contribution in [1.29, 1.82) is 0 Å². The van der Waals surface area contributed by atoms with Crippen LogP contribution in [0.5, 0.6) is 0 Å². The number of carbonyl (C=O) groups excluding carboxylic acids is 3. The molecule has 0 aromatic carbocycles. The zero-order valence-corrected chi connectivity index (χ0v) is 8.43. The number of rotatable bonds is 0. The Morgan fingerprint density at radius 2 is 1.15 bits per heavy atom. The van der Waals surface area contributed by atoms with Crippen LogP contribution in [0.3, 0.4) is 0 Å². The Morgan fingerprint density at radius 3 is 1.46 bits per heavy atom. The molecule has 0 radical (unpaired) electrons. The minimum Gasteiger partial charge on any atom is -0.298 e. The highest BCUT2D eigenvalue weighted by Gasteiger charge is 2.52. The standard InChI is InChI=1S/C10H14O3/c1-9(2)6(11)5-7(12)10(3,4)8(9)13/h5H2,1-4H3/i6+1. The highest BCUT2D eigenvalue weighted by molar-refractivity contribution is 6.26. The molecule has 0 heterocycles. The first-order valence-corrected chi connectivity index (χ1v) is 4.32. The molecule has 1 rings (SSSR count). The predicted molar refractivity (Wildman–Crippen MR) is 47.2 cm³/mol. The predicted octanol–water partition coefficient (Wildman–Crippen LogP) is 1.15. The van der Waals surface area contributed by atoms with Gasteiger partial charge < -0.3 is 0 Å². The van der Waals surface area contributed by atoms with Crippen molar-refractivity contribution in [3.63, 3.8) is 0 Å². The van der Waals surface area contributed by atoms with Crippen molar-refractivity contribution < 1.29 is 14.4 Å². The maximum Gasteiger partial charge on any atom is 0.158 e. The number of carbonyl (C=O) groups is 3. The quantitative estimate of drug-likeness (QED) is 0.418. The summed E-state index contributed by atoms with van der Waals surface area (Å²) < 4.78 is 0. The minimum absolute atomic E-state index is 0.105. The van der Waals surface area contributed by atoms with Crippen molar-refractivity contribution in [3.05, 3.63) is 0 Å². The number of ketones is 3. The second-order valence-electron chi connectivity index (χ2n) is 4.60. The molecule has 1 fully saturated rings. The third kappa shape index (κ3) is 1.23. The summed E-state index contributed by atoms with van der Waals surface area (Å²) in [6.07, 6.45) is -0.105. The summed E-state index contributed by atoms with van der Waals surface area (Å²) in [6, 6.07) is 0. The van der Waals surface area contributed by atoms with Gasteiger partial charge in [0.05, 0.1) is 17.3 Å². The second-order valence-corrected chi connectivity index (χ2v) is 4.60. The van der Waals surface area contributed by atoms with Gasteiger partial charge in [0.2, 0.25) is 0 Å². The average molecular weight is 183 g/mol. The molecule has 72 valence electrons. The van der Waals surface area contributed by atoms with Crippen molar-refractivity contribution >= 4 is 17.3 Å². The van der Waals surface area contributed by atoms with Crippen LogP contribution in [0.4, 0.5) is 0 Å². The Bertz CT molecular complexity index is 269. The zero-order valence-electron chi connectivity index (χ0n) is 8.43. The first-order chi connectivity index (χ1) is 5.70. The summed E-state index contributed by atoms with van der Waals surface area (Å²) >= 11 is 0. The first kappa shape index (κ1) is 10.1. The highest BCUT2D eigenvalue weighted by Crippen LogP contribution is 2.37. The van der Waals surface area contributed by atoms with Crippen molar-refractivity contribution in [3.8, 4) is 0 Å². The molecule has 0 aromatic rings. The topological polar surface area (TPSA) is 51.2 Å². The molecule has 1 saturated carbocycles. The minimum atomic E-state index is -0.989. The van der Waals surface area contributed by atoms with Gasteiger partial charge in [0.25, 0.3) is 0 Å². The molecule has 13 heavy (non-hydrogen) atoms. The van der Waals surface area contributed by atoms with Gasteiger partial charge in [-0.1, -0.05) is 0 Å². The number of Topliss-reactive ketones (excluding diaryl/α,β-unsaturated/α-hetero) is 3. The maximum atomic E-state index is 11.7. The van der Waals surface area contributed by atoms with Gasteiger partial charge in [0.1, 0.15) is 0 Å². The smallest absolute Gasteiger partial charge is 0.158 e. The molecule has 0 atom stereocenters. The van der Waals surface area contributed by atoms with E-state index in [1.165, 1.54) is 0 Å². The normalized spacial score (nSPS) is 26.3. The fourth-order valence-corrected chi connectivity index (χ4v) is 1.62. The third-order valence-electron chi connectivity index (χ3n) is 2.85. The van der Waals surface area contributed by atoms with Gasteiger partial charge in [-0.25, -0.2) is 0 Å². The van der Waals surface area contributed by atoms with E-state index in [0.29, 0.717) is 0 Å². The number of hydrogen-bond donors (Lipinski definition) is 0. The van der Waals surface area contributed by atoms with Crippen molar-refractivity contribution in [2.24, 2.45) is 10.8 Å². The lowest BCUT2D eigenvalue weighted by Crippen LogP contribution is -2.52. The molecule has 1 aliphatic carbocycles. The molecule has 3 heteroatoms. The van der Waals surface area contributed by atoms with E-state index in [4.69, 9.17) is 0 Å². The lowest BCUT2D eigenvalue weighted by atomic mass is 9.69. The molecule has 0 spiro atoms. The summed E-state index contributed by atoms with van der Waals surface area (Å²) in [7, 11) is 0. The first-order valence-electron chi connectivity index (χ1n) is 4.32. The average Bonchev–Trinajstić information content (AvgIpc) is 2.00. The lowest BCUT2D eigenvalue weighted by molar-refractivity contribution is -0.155. The summed E-state index contributed by atoms with van der Waals surface area (Å²) in [4.78, 5) is 34.5. The van der Waals surface area contributed by atoms with E-state index in [9.17, 15) is 14.4 Å². The van der Waals surface area contributed by atoms with Crippen molar-refractivity contribution in [2.75, 3.05) is 0 Å². The van der Waals surface area contributed by atoms with Gasteiger partial charge in [-0.2, -0.15) is 0 Å². The molecule has 0 N–H and O–H groups in total. The zero-order chi connectivity index (χ0) is 10.4. The van der Waals surface area contributed by atoms with Gasteiger partial charge in [-0.05, 0) is 27.7 Å². The molecular formula is C10H14O3. The molecule has 0 aromatic heterocycles. The molecule has 0 aliphatic heterocycles. The second kappa shape index (κ2) is 2.50. The van der Waals surface area contributed by atoms with Crippen LogP contribution in [-0.2, 0) is 14.4 Å². The monoisotopic (exact) mass is 183 g/mol. The highest BCUT2D eigenvalue weighted by atomic mass is 16.2. The Balaban J connectivity index is 3.19. The van der Waals surface area contributed by atoms with E-state index >= 15 is 0 Å². The van der Waals surface area contributed by atoms with Gasteiger partial charge >= 0.3 is 0 Å². The fraction of sp³-hybridized carbons (Fsp3) is 0.700. The Morgan fingerprint density at radius 1 is 0.846 bits per heavy atom. The van der Waals surface area contributed by atoms with Crippen LogP contribution >= 0.6 is 0 Å². The van der Waals surface area contributed by atoms with E-state index in [1.807, 2.05) is 0 Å². The molecule has 3 nitrogen and oxygen atoms in total. The number of hydrogen-bond acceptors (Lipinski definition) is 3. The van der Waals surface area contributed by atoms with Crippen molar-refractivity contribution in [1.82, 2.24) is 0 Å². The van der Waals surface area contributed by atoms with Crippen LogP contribution in [0.2, 0.25) is 0 Å². The largest absolute Gasteiger partial charge is 0.298 e. The van der Waals surface area contributed by atoms with E-state index in [0.717, 1.165) is 0 Å². The Hall–Kier alpha value is -0.990. The lowest BCUT2D eigenvalue weighted by Gasteiger charge is -2.35. The van der Waals surface area contributed by atoms with Gasteiger partial charge in [-0.3, -0.25) is 14.4 Å². The van der Waals surface area contributed by atoms with Gasteiger partial charge in [-0.15, -0.1) is 0 Å². The van der Waals surface area contributed by atoms with Crippen LogP contribution in [0.1, 0.15) is 34.1 Å². The Labute approximate surface area is 77.5 Å². The van der Waals surface area contributed by atoms with E-state index in [1.54, 1.807) is 27.7 Å². The third-order valence-corrected chi connectivity index (χ3v) is 2.85. The summed E-state index contributed by atoms with van der Waals surface area (Å²) in [5.41, 5.74) is -1.98. The maximum absolute atomic E-state index is 11.7. The Kier molecular flexibility index (Phi) is 1.94. The van der Waals surface area contributed by atoms with Crippen LogP contribution in [0.25, 0.3) is 0 Å². The summed E-state index contributed by atoms with van der Waals surface area (Å²) in [6.45, 7) is 6.36. The van der Waals surface area contributed by atoms with Crippen LogP contribution in [0, 0.1) is 10.8 Å². The molecule has 0 saturated heterocycles. The molecule has 0 amide bonds. The van der Waals surface area contributed by atoms with Gasteiger partial charge in [0.15, 0.2) is 17.3 Å². The van der Waals surface area contributed by atoms with E-state index in [-0.39, 0.29) is 23.8 Å². The molecule has 0 unspecified atom stereocenters. The van der Waals surface area contributed by atoms with E-state index < -0.39 is 10.8 Å². The fourth-order valence-electron chi connectivity index (χ4n) is 1.62. The summed E-state index contributed by atoms with van der Waals surface area (Å²) in [5.74, 6) is -0.787. The SMILES string of the molecule is CC1(C)C(=O)C[13C](=O)C(C)(C)C1=O. The molecular weight excluding hydrogens is 169 g/mol. The van der Waals surface area contributed by atoms with Crippen molar-refractivity contribution in [2.45, 2.75) is 34.1 Å². The molecule has 0 bridgehead atoms. The van der Waals surface area contributed by atoms with Crippen LogP contribution in [-0.4, -0.2) is 17.3 Å². The van der Waals surface area contributed by atoms with Gasteiger partial charge in [0, 0.05) is 0 Å². The summed E-state index contributed by atoms with van der Waals surface area (Å²) in [5, 5.41) is 0. The van der Waals surface area contributed by atoms with E-state index in [2.05, 4.69) is 0 Å². The van der Waals surface area contributed by atoms with Crippen LogP contribution in [0.15, 0.2) is 0 Å².